The molecule has 0 atom stereocenters. The van der Waals surface area contributed by atoms with Gasteiger partial charge in [0.25, 0.3) is 0 Å². The lowest BCUT2D eigenvalue weighted by Crippen LogP contribution is -2.74. The third-order valence-corrected chi connectivity index (χ3v) is 16.6. The van der Waals surface area contributed by atoms with Gasteiger partial charge in [0.05, 0.1) is 27.8 Å². The fourth-order valence-corrected chi connectivity index (χ4v) is 14.3. The van der Waals surface area contributed by atoms with Crippen molar-refractivity contribution in [3.05, 3.63) is 231 Å². The highest BCUT2D eigenvalue weighted by Crippen LogP contribution is 2.43. The molecule has 2 aromatic heterocycles. The largest absolute Gasteiger partial charge is 0.309 e. The Bertz CT molecular complexity index is 3110. The Morgan fingerprint density at radius 3 is 1.33 bits per heavy atom. The van der Waals surface area contributed by atoms with Crippen molar-refractivity contribution in [2.75, 3.05) is 0 Å². The lowest BCUT2D eigenvalue weighted by molar-refractivity contribution is 1.16. The van der Waals surface area contributed by atoms with Crippen molar-refractivity contribution >= 4 is 72.4 Å². The summed E-state index contributed by atoms with van der Waals surface area (Å²) < 4.78 is 4.97. The van der Waals surface area contributed by atoms with E-state index in [1.807, 2.05) is 0 Å². The first kappa shape index (κ1) is 33.2. The molecule has 0 unspecified atom stereocenters. The molecular formula is C54H38N2Si. The topological polar surface area (TPSA) is 9.86 Å². The highest BCUT2D eigenvalue weighted by atomic mass is 28.3. The molecule has 0 saturated heterocycles. The van der Waals surface area contributed by atoms with Crippen molar-refractivity contribution in [2.24, 2.45) is 0 Å². The third-order valence-electron chi connectivity index (χ3n) is 11.9. The fourth-order valence-electron chi connectivity index (χ4n) is 9.50. The van der Waals surface area contributed by atoms with E-state index in [1.54, 1.807) is 0 Å². The zero-order chi connectivity index (χ0) is 37.8. The molecule has 2 nitrogen and oxygen atoms in total. The van der Waals surface area contributed by atoms with E-state index in [9.17, 15) is 0 Å². The van der Waals surface area contributed by atoms with Crippen LogP contribution in [-0.2, 0) is 0 Å². The van der Waals surface area contributed by atoms with Crippen molar-refractivity contribution in [2.45, 2.75) is 0 Å². The second-order valence-electron chi connectivity index (χ2n) is 14.8. The van der Waals surface area contributed by atoms with Gasteiger partial charge in [-0.25, -0.2) is 0 Å². The molecule has 0 aliphatic heterocycles. The number of hydrogen-bond donors (Lipinski definition) is 0. The number of rotatable bonds is 7. The van der Waals surface area contributed by atoms with Gasteiger partial charge >= 0.3 is 0 Å². The van der Waals surface area contributed by atoms with Gasteiger partial charge in [0.15, 0.2) is 8.07 Å². The lowest BCUT2D eigenvalue weighted by atomic mass is 9.99. The van der Waals surface area contributed by atoms with E-state index in [2.05, 4.69) is 240 Å². The van der Waals surface area contributed by atoms with Gasteiger partial charge in [-0.05, 0) is 62.7 Å². The summed E-state index contributed by atoms with van der Waals surface area (Å²) in [5, 5.41) is 10.5. The Morgan fingerprint density at radius 1 is 0.298 bits per heavy atom. The lowest BCUT2D eigenvalue weighted by Gasteiger charge is -2.34. The van der Waals surface area contributed by atoms with Crippen molar-refractivity contribution < 1.29 is 0 Å². The van der Waals surface area contributed by atoms with Crippen LogP contribution >= 0.6 is 0 Å². The Hall–Kier alpha value is -7.20. The predicted molar refractivity (Wildman–Crippen MR) is 244 cm³/mol. The first-order valence-corrected chi connectivity index (χ1v) is 21.7. The summed E-state index contributed by atoms with van der Waals surface area (Å²) in [7, 11) is -2.75. The summed E-state index contributed by atoms with van der Waals surface area (Å²) in [4.78, 5) is 0. The van der Waals surface area contributed by atoms with Gasteiger partial charge in [-0.1, -0.05) is 194 Å². The number of hydrogen-bond acceptors (Lipinski definition) is 0. The monoisotopic (exact) mass is 742 g/mol. The molecule has 0 amide bonds. The first-order chi connectivity index (χ1) is 28.3. The van der Waals surface area contributed by atoms with Crippen LogP contribution in [0, 0.1) is 0 Å². The summed E-state index contributed by atoms with van der Waals surface area (Å²) in [6.07, 6.45) is 0. The Morgan fingerprint density at radius 2 is 0.754 bits per heavy atom. The first-order valence-electron chi connectivity index (χ1n) is 19.7. The molecule has 9 aromatic carbocycles. The Labute approximate surface area is 333 Å². The minimum atomic E-state index is -2.75. The van der Waals surface area contributed by atoms with Crippen molar-refractivity contribution in [1.82, 2.24) is 9.13 Å². The number of benzene rings is 9. The smallest absolute Gasteiger partial charge is 0.179 e. The standard InChI is InChI=1S/C54H38N2Si/c1-6-20-39(21-7-1)53-52(37-35-47-45-30-16-18-32-49(45)55(54(47)53)40-22-8-2-9-23-40)56-50-33-19-17-31-46(50)48-38-44(34-36-51(48)56)57(41-24-10-3-11-25-41,42-26-12-4-13-27-42)43-28-14-5-15-29-43/h1-38H. The van der Waals surface area contributed by atoms with E-state index < -0.39 is 8.07 Å². The number of aromatic nitrogens is 2. The van der Waals surface area contributed by atoms with Gasteiger partial charge < -0.3 is 9.13 Å². The van der Waals surface area contributed by atoms with Gasteiger partial charge in [0.1, 0.15) is 0 Å². The molecule has 0 fully saturated rings. The maximum Gasteiger partial charge on any atom is 0.179 e. The van der Waals surface area contributed by atoms with Gasteiger partial charge in [-0.3, -0.25) is 0 Å². The number of para-hydroxylation sites is 3. The molecule has 268 valence electrons. The van der Waals surface area contributed by atoms with Gasteiger partial charge in [0.2, 0.25) is 0 Å². The van der Waals surface area contributed by atoms with E-state index in [0.29, 0.717) is 0 Å². The SMILES string of the molecule is c1ccc(-c2c(-n3c4ccccc4c4cc([Si](c5ccccc5)(c5ccccc5)c5ccccc5)ccc43)ccc3c4ccccc4n(-c4ccccc4)c23)cc1. The van der Waals surface area contributed by atoms with Crippen LogP contribution in [0.1, 0.15) is 0 Å². The van der Waals surface area contributed by atoms with E-state index in [0.717, 1.165) is 11.4 Å². The molecule has 57 heavy (non-hydrogen) atoms. The summed E-state index contributed by atoms with van der Waals surface area (Å²) in [6, 6.07) is 85.2. The minimum absolute atomic E-state index is 1.15. The number of nitrogens with zero attached hydrogens (tertiary/aromatic N) is 2. The van der Waals surface area contributed by atoms with Crippen LogP contribution in [0.15, 0.2) is 231 Å². The van der Waals surface area contributed by atoms with Crippen LogP contribution in [0.25, 0.3) is 66.1 Å². The summed E-state index contributed by atoms with van der Waals surface area (Å²) in [5.74, 6) is 0. The van der Waals surface area contributed by atoms with Gasteiger partial charge in [-0.2, -0.15) is 0 Å². The van der Waals surface area contributed by atoms with E-state index >= 15 is 0 Å². The van der Waals surface area contributed by atoms with Crippen LogP contribution < -0.4 is 20.7 Å². The van der Waals surface area contributed by atoms with Crippen molar-refractivity contribution in [3.8, 4) is 22.5 Å². The van der Waals surface area contributed by atoms with Crippen LogP contribution in [0.5, 0.6) is 0 Å². The molecule has 0 bridgehead atoms. The zero-order valence-corrected chi connectivity index (χ0v) is 32.3. The summed E-state index contributed by atoms with van der Waals surface area (Å²) in [6.45, 7) is 0. The summed E-state index contributed by atoms with van der Waals surface area (Å²) >= 11 is 0. The molecule has 0 saturated carbocycles. The molecule has 3 heteroatoms. The average molecular weight is 743 g/mol. The van der Waals surface area contributed by atoms with Crippen LogP contribution in [0.4, 0.5) is 0 Å². The Balaban J connectivity index is 1.26. The zero-order valence-electron chi connectivity index (χ0n) is 31.3. The normalized spacial score (nSPS) is 11.9. The van der Waals surface area contributed by atoms with Crippen LogP contribution in [0.2, 0.25) is 0 Å². The highest BCUT2D eigenvalue weighted by Gasteiger charge is 2.41. The molecule has 0 spiro atoms. The maximum atomic E-state index is 2.52. The van der Waals surface area contributed by atoms with E-state index in [4.69, 9.17) is 0 Å². The second-order valence-corrected chi connectivity index (χ2v) is 18.7. The molecule has 0 N–H and O–H groups in total. The molecule has 0 radical (unpaired) electrons. The van der Waals surface area contributed by atoms with Crippen LogP contribution in [0.3, 0.4) is 0 Å². The van der Waals surface area contributed by atoms with Crippen molar-refractivity contribution in [1.29, 1.82) is 0 Å². The summed E-state index contributed by atoms with van der Waals surface area (Å²) in [5.41, 5.74) is 9.48. The molecular weight excluding hydrogens is 705 g/mol. The molecule has 2 heterocycles. The highest BCUT2D eigenvalue weighted by molar-refractivity contribution is 7.20. The maximum absolute atomic E-state index is 2.75. The van der Waals surface area contributed by atoms with Crippen LogP contribution in [-0.4, -0.2) is 17.2 Å². The average Bonchev–Trinajstić information content (AvgIpc) is 3.81. The number of fused-ring (bicyclic) bond motifs is 6. The quantitative estimate of drug-likeness (QED) is 0.114. The minimum Gasteiger partial charge on any atom is -0.309 e. The van der Waals surface area contributed by atoms with Crippen molar-refractivity contribution in [3.63, 3.8) is 0 Å². The van der Waals surface area contributed by atoms with Gasteiger partial charge in [-0.15, -0.1) is 0 Å². The fraction of sp³-hybridized carbons (Fsp3) is 0. The van der Waals surface area contributed by atoms with E-state index in [1.165, 1.54) is 75.5 Å². The predicted octanol–water partition coefficient (Wildman–Crippen LogP) is 10.9. The van der Waals surface area contributed by atoms with Gasteiger partial charge in [0, 0.05) is 32.8 Å². The molecule has 0 aliphatic carbocycles. The third kappa shape index (κ3) is 5.10. The van der Waals surface area contributed by atoms with E-state index in [-0.39, 0.29) is 0 Å². The molecule has 11 aromatic rings. The Kier molecular flexibility index (Phi) is 7.87. The second kappa shape index (κ2) is 13.5. The molecule has 0 aliphatic rings. The molecule has 11 rings (SSSR count).